The summed E-state index contributed by atoms with van der Waals surface area (Å²) in [7, 11) is 1.63. The minimum atomic E-state index is 0.349. The van der Waals surface area contributed by atoms with E-state index in [4.69, 9.17) is 10.5 Å². The van der Waals surface area contributed by atoms with Crippen molar-refractivity contribution >= 4 is 5.95 Å². The number of nitrogens with two attached hydrogens (primary N) is 1. The summed E-state index contributed by atoms with van der Waals surface area (Å²) in [5.41, 5.74) is 6.05. The Morgan fingerprint density at radius 3 is 2.35 bits per heavy atom. The van der Waals surface area contributed by atoms with Crippen molar-refractivity contribution in [2.24, 2.45) is 5.73 Å². The SMILES string of the molecule is COc1cnc(N2C3CCC2CC(N)C3)nc1. The van der Waals surface area contributed by atoms with E-state index in [9.17, 15) is 0 Å². The van der Waals surface area contributed by atoms with Gasteiger partial charge in [0.05, 0.1) is 19.5 Å². The monoisotopic (exact) mass is 234 g/mol. The van der Waals surface area contributed by atoms with E-state index in [0.717, 1.165) is 18.8 Å². The second-order valence-corrected chi connectivity index (χ2v) is 4.95. The summed E-state index contributed by atoms with van der Waals surface area (Å²) in [6.07, 6.45) is 8.02. The van der Waals surface area contributed by atoms with Gasteiger partial charge in [0.1, 0.15) is 0 Å². The van der Waals surface area contributed by atoms with Gasteiger partial charge < -0.3 is 15.4 Å². The van der Waals surface area contributed by atoms with E-state index in [0.29, 0.717) is 23.9 Å². The molecule has 2 N–H and O–H groups in total. The van der Waals surface area contributed by atoms with Crippen molar-refractivity contribution in [2.45, 2.75) is 43.8 Å². The lowest BCUT2D eigenvalue weighted by Gasteiger charge is -2.37. The Morgan fingerprint density at radius 2 is 1.82 bits per heavy atom. The molecule has 0 spiro atoms. The van der Waals surface area contributed by atoms with Gasteiger partial charge in [0.2, 0.25) is 5.95 Å². The number of ether oxygens (including phenoxy) is 1. The maximum atomic E-state index is 6.05. The first-order valence-corrected chi connectivity index (χ1v) is 6.18. The minimum Gasteiger partial charge on any atom is -0.494 e. The number of aromatic nitrogens is 2. The first-order chi connectivity index (χ1) is 8.28. The highest BCUT2D eigenvalue weighted by Crippen LogP contribution is 2.37. The van der Waals surface area contributed by atoms with Crippen LogP contribution in [0.3, 0.4) is 0 Å². The predicted octanol–water partition coefficient (Wildman–Crippen LogP) is 0.944. The van der Waals surface area contributed by atoms with Gasteiger partial charge in [0, 0.05) is 18.1 Å². The van der Waals surface area contributed by atoms with Gasteiger partial charge in [-0.05, 0) is 25.7 Å². The van der Waals surface area contributed by atoms with Gasteiger partial charge in [0.15, 0.2) is 5.75 Å². The second-order valence-electron chi connectivity index (χ2n) is 4.95. The highest BCUT2D eigenvalue weighted by atomic mass is 16.5. The standard InChI is InChI=1S/C12H18N4O/c1-17-11-6-14-12(15-7-11)16-9-2-3-10(16)5-8(13)4-9/h6-10H,2-5,13H2,1H3. The van der Waals surface area contributed by atoms with E-state index in [-0.39, 0.29) is 0 Å². The molecule has 2 atom stereocenters. The van der Waals surface area contributed by atoms with Gasteiger partial charge in [-0.1, -0.05) is 0 Å². The number of methoxy groups -OCH3 is 1. The van der Waals surface area contributed by atoms with Crippen LogP contribution in [0.5, 0.6) is 5.75 Å². The maximum absolute atomic E-state index is 6.05. The van der Waals surface area contributed by atoms with Crippen molar-refractivity contribution in [3.05, 3.63) is 12.4 Å². The largest absolute Gasteiger partial charge is 0.494 e. The number of rotatable bonds is 2. The van der Waals surface area contributed by atoms with Crippen LogP contribution < -0.4 is 15.4 Å². The number of hydrogen-bond acceptors (Lipinski definition) is 5. The van der Waals surface area contributed by atoms with Crippen LogP contribution in [0, 0.1) is 0 Å². The zero-order chi connectivity index (χ0) is 11.8. The molecule has 2 unspecified atom stereocenters. The molecule has 0 saturated carbocycles. The number of fused-ring (bicyclic) bond motifs is 2. The summed E-state index contributed by atoms with van der Waals surface area (Å²) in [5.74, 6) is 1.53. The Morgan fingerprint density at radius 1 is 1.24 bits per heavy atom. The molecule has 1 aromatic heterocycles. The zero-order valence-corrected chi connectivity index (χ0v) is 10.0. The third kappa shape index (κ3) is 1.84. The summed E-state index contributed by atoms with van der Waals surface area (Å²) in [6.45, 7) is 0. The summed E-state index contributed by atoms with van der Waals surface area (Å²) < 4.78 is 5.08. The van der Waals surface area contributed by atoms with Gasteiger partial charge in [-0.2, -0.15) is 0 Å². The Bertz CT molecular complexity index is 380. The first kappa shape index (κ1) is 10.8. The highest BCUT2D eigenvalue weighted by Gasteiger charge is 2.40. The van der Waals surface area contributed by atoms with Crippen molar-refractivity contribution in [1.82, 2.24) is 9.97 Å². The molecular weight excluding hydrogens is 216 g/mol. The van der Waals surface area contributed by atoms with Gasteiger partial charge in [0.25, 0.3) is 0 Å². The maximum Gasteiger partial charge on any atom is 0.226 e. The highest BCUT2D eigenvalue weighted by molar-refractivity contribution is 5.38. The number of anilines is 1. The molecule has 0 aliphatic carbocycles. The van der Waals surface area contributed by atoms with Gasteiger partial charge in [-0.25, -0.2) is 9.97 Å². The topological polar surface area (TPSA) is 64.3 Å². The first-order valence-electron chi connectivity index (χ1n) is 6.18. The minimum absolute atomic E-state index is 0.349. The fourth-order valence-corrected chi connectivity index (χ4v) is 3.09. The summed E-state index contributed by atoms with van der Waals surface area (Å²) in [5, 5.41) is 0. The second kappa shape index (κ2) is 4.14. The van der Waals surface area contributed by atoms with Gasteiger partial charge in [-0.15, -0.1) is 0 Å². The summed E-state index contributed by atoms with van der Waals surface area (Å²) >= 11 is 0. The molecule has 0 amide bonds. The molecule has 1 aromatic rings. The summed E-state index contributed by atoms with van der Waals surface area (Å²) in [6, 6.07) is 1.40. The molecule has 2 aliphatic heterocycles. The van der Waals surface area contributed by atoms with E-state index < -0.39 is 0 Å². The Hall–Kier alpha value is -1.36. The fourth-order valence-electron chi connectivity index (χ4n) is 3.09. The van der Waals surface area contributed by atoms with Crippen LogP contribution in [0.25, 0.3) is 0 Å². The molecule has 5 heteroatoms. The Labute approximate surface area is 101 Å². The lowest BCUT2D eigenvalue weighted by atomic mass is 9.99. The van der Waals surface area contributed by atoms with E-state index in [2.05, 4.69) is 14.9 Å². The predicted molar refractivity (Wildman–Crippen MR) is 65.1 cm³/mol. The Balaban J connectivity index is 1.84. The van der Waals surface area contributed by atoms with E-state index >= 15 is 0 Å². The van der Waals surface area contributed by atoms with Crippen molar-refractivity contribution in [1.29, 1.82) is 0 Å². The molecule has 2 fully saturated rings. The molecular formula is C12H18N4O. The van der Waals surface area contributed by atoms with Crippen molar-refractivity contribution in [3.63, 3.8) is 0 Å². The van der Waals surface area contributed by atoms with Crippen molar-refractivity contribution < 1.29 is 4.74 Å². The van der Waals surface area contributed by atoms with Crippen molar-refractivity contribution in [2.75, 3.05) is 12.0 Å². The molecule has 3 rings (SSSR count). The molecule has 5 nitrogen and oxygen atoms in total. The van der Waals surface area contributed by atoms with E-state index in [1.807, 2.05) is 0 Å². The number of hydrogen-bond donors (Lipinski definition) is 1. The number of piperidine rings is 1. The smallest absolute Gasteiger partial charge is 0.226 e. The molecule has 0 radical (unpaired) electrons. The normalized spacial score (nSPS) is 31.6. The van der Waals surface area contributed by atoms with Crippen LogP contribution in [0.4, 0.5) is 5.95 Å². The third-order valence-electron chi connectivity index (χ3n) is 3.85. The molecule has 2 bridgehead atoms. The number of nitrogens with zero attached hydrogens (tertiary/aromatic N) is 3. The molecule has 92 valence electrons. The van der Waals surface area contributed by atoms with Crippen LogP contribution in [-0.2, 0) is 0 Å². The van der Waals surface area contributed by atoms with Gasteiger partial charge >= 0.3 is 0 Å². The summed E-state index contributed by atoms with van der Waals surface area (Å²) in [4.78, 5) is 11.1. The van der Waals surface area contributed by atoms with Crippen molar-refractivity contribution in [3.8, 4) is 5.75 Å². The van der Waals surface area contributed by atoms with Crippen LogP contribution in [0.15, 0.2) is 12.4 Å². The molecule has 0 aromatic carbocycles. The van der Waals surface area contributed by atoms with Crippen LogP contribution in [0.2, 0.25) is 0 Å². The molecule has 2 saturated heterocycles. The quantitative estimate of drug-likeness (QED) is 0.825. The fraction of sp³-hybridized carbons (Fsp3) is 0.667. The van der Waals surface area contributed by atoms with Crippen LogP contribution in [0.1, 0.15) is 25.7 Å². The van der Waals surface area contributed by atoms with E-state index in [1.54, 1.807) is 19.5 Å². The average molecular weight is 234 g/mol. The average Bonchev–Trinajstić information content (AvgIpc) is 2.62. The molecule has 2 aliphatic rings. The molecule has 17 heavy (non-hydrogen) atoms. The Kier molecular flexibility index (Phi) is 2.63. The van der Waals surface area contributed by atoms with E-state index in [1.165, 1.54) is 12.8 Å². The zero-order valence-electron chi connectivity index (χ0n) is 10.0. The lowest BCUT2D eigenvalue weighted by Crippen LogP contribution is -2.48. The van der Waals surface area contributed by atoms with Crippen LogP contribution in [-0.4, -0.2) is 35.2 Å². The molecule has 3 heterocycles. The van der Waals surface area contributed by atoms with Crippen LogP contribution >= 0.6 is 0 Å². The lowest BCUT2D eigenvalue weighted by molar-refractivity contribution is 0.401. The van der Waals surface area contributed by atoms with Gasteiger partial charge in [-0.3, -0.25) is 0 Å². The third-order valence-corrected chi connectivity index (χ3v) is 3.85.